The van der Waals surface area contributed by atoms with Crippen molar-refractivity contribution in [2.75, 3.05) is 0 Å². The zero-order valence-electron chi connectivity index (χ0n) is 10.8. The summed E-state index contributed by atoms with van der Waals surface area (Å²) in [4.78, 5) is 0. The summed E-state index contributed by atoms with van der Waals surface area (Å²) in [7, 11) is 0. The van der Waals surface area contributed by atoms with E-state index in [1.165, 1.54) is 30.3 Å². The molecule has 0 aliphatic carbocycles. The third-order valence-corrected chi connectivity index (χ3v) is 2.82. The van der Waals surface area contributed by atoms with Crippen LogP contribution in [0.25, 0.3) is 0 Å². The van der Waals surface area contributed by atoms with E-state index in [0.29, 0.717) is 22.6 Å². The van der Waals surface area contributed by atoms with Gasteiger partial charge in [0.1, 0.15) is 23.1 Å². The molecule has 0 amide bonds. The predicted octanol–water partition coefficient (Wildman–Crippen LogP) is 4.09. The molecule has 2 aromatic carbocycles. The number of ether oxygens (including phenoxy) is 1. The molecule has 0 unspecified atom stereocenters. The SMILES string of the molecule is Cc1cc(F)ccc1Oc1ccc(F)cc1[C@H](C)N. The number of halogens is 2. The molecule has 1 atom stereocenters. The van der Waals surface area contributed by atoms with Crippen LogP contribution in [0.1, 0.15) is 24.1 Å². The van der Waals surface area contributed by atoms with E-state index in [2.05, 4.69) is 0 Å². The van der Waals surface area contributed by atoms with Crippen LogP contribution < -0.4 is 10.5 Å². The molecule has 0 heterocycles. The minimum atomic E-state index is -0.365. The quantitative estimate of drug-likeness (QED) is 0.905. The van der Waals surface area contributed by atoms with Gasteiger partial charge in [-0.2, -0.15) is 0 Å². The van der Waals surface area contributed by atoms with E-state index >= 15 is 0 Å². The molecule has 4 heteroatoms. The van der Waals surface area contributed by atoms with Gasteiger partial charge in [0.15, 0.2) is 0 Å². The Morgan fingerprint density at radius 2 is 1.58 bits per heavy atom. The number of nitrogens with two attached hydrogens (primary N) is 1. The van der Waals surface area contributed by atoms with Crippen LogP contribution >= 0.6 is 0 Å². The molecule has 0 aliphatic rings. The van der Waals surface area contributed by atoms with Crippen molar-refractivity contribution in [3.05, 3.63) is 59.2 Å². The zero-order valence-corrected chi connectivity index (χ0v) is 10.8. The van der Waals surface area contributed by atoms with E-state index in [0.717, 1.165) is 0 Å². The number of hydrogen-bond acceptors (Lipinski definition) is 2. The topological polar surface area (TPSA) is 35.2 Å². The van der Waals surface area contributed by atoms with E-state index in [1.807, 2.05) is 0 Å². The van der Waals surface area contributed by atoms with E-state index in [-0.39, 0.29) is 17.7 Å². The molecule has 2 rings (SSSR count). The number of hydrogen-bond donors (Lipinski definition) is 1. The summed E-state index contributed by atoms with van der Waals surface area (Å²) in [5.74, 6) is 0.313. The molecular formula is C15H15F2NO. The summed E-state index contributed by atoms with van der Waals surface area (Å²) in [6.45, 7) is 3.49. The van der Waals surface area contributed by atoms with Gasteiger partial charge in [-0.25, -0.2) is 8.78 Å². The summed E-state index contributed by atoms with van der Waals surface area (Å²) >= 11 is 0. The normalized spacial score (nSPS) is 12.3. The molecule has 0 saturated carbocycles. The standard InChI is InChI=1S/C15H15F2NO/c1-9-7-11(16)3-5-14(9)19-15-6-4-12(17)8-13(15)10(2)18/h3-8,10H,18H2,1-2H3/t10-/m0/s1. The largest absolute Gasteiger partial charge is 0.457 e. The van der Waals surface area contributed by atoms with Crippen molar-refractivity contribution in [1.82, 2.24) is 0 Å². The monoisotopic (exact) mass is 263 g/mol. The average molecular weight is 263 g/mol. The Kier molecular flexibility index (Phi) is 3.81. The summed E-state index contributed by atoms with van der Waals surface area (Å²) in [5, 5.41) is 0. The van der Waals surface area contributed by atoms with Gasteiger partial charge >= 0.3 is 0 Å². The highest BCUT2D eigenvalue weighted by atomic mass is 19.1. The number of rotatable bonds is 3. The molecule has 2 aromatic rings. The fourth-order valence-corrected chi connectivity index (χ4v) is 1.81. The minimum absolute atomic E-state index is 0.323. The average Bonchev–Trinajstić information content (AvgIpc) is 2.34. The predicted molar refractivity (Wildman–Crippen MR) is 70.2 cm³/mol. The molecular weight excluding hydrogens is 248 g/mol. The molecule has 0 aromatic heterocycles. The van der Waals surface area contributed by atoms with E-state index in [1.54, 1.807) is 19.9 Å². The van der Waals surface area contributed by atoms with Gasteiger partial charge in [-0.3, -0.25) is 0 Å². The first-order valence-electron chi connectivity index (χ1n) is 5.96. The van der Waals surface area contributed by atoms with E-state index in [4.69, 9.17) is 10.5 Å². The first-order chi connectivity index (χ1) is 8.97. The van der Waals surface area contributed by atoms with Gasteiger partial charge in [-0.15, -0.1) is 0 Å². The summed E-state index contributed by atoms with van der Waals surface area (Å²) < 4.78 is 31.9. The highest BCUT2D eigenvalue weighted by molar-refractivity contribution is 5.42. The lowest BCUT2D eigenvalue weighted by atomic mass is 10.1. The fourth-order valence-electron chi connectivity index (χ4n) is 1.81. The molecule has 0 saturated heterocycles. The maximum atomic E-state index is 13.2. The Morgan fingerprint density at radius 3 is 2.16 bits per heavy atom. The number of aryl methyl sites for hydroxylation is 1. The maximum Gasteiger partial charge on any atom is 0.132 e. The van der Waals surface area contributed by atoms with Gasteiger partial charge in [0, 0.05) is 11.6 Å². The maximum absolute atomic E-state index is 13.2. The Hall–Kier alpha value is -1.94. The summed E-state index contributed by atoms with van der Waals surface area (Å²) in [5.41, 5.74) is 7.03. The van der Waals surface area contributed by atoms with Crippen molar-refractivity contribution in [2.45, 2.75) is 19.9 Å². The Balaban J connectivity index is 2.38. The van der Waals surface area contributed by atoms with Crippen molar-refractivity contribution in [3.8, 4) is 11.5 Å². The fraction of sp³-hybridized carbons (Fsp3) is 0.200. The molecule has 0 aliphatic heterocycles. The lowest BCUT2D eigenvalue weighted by molar-refractivity contribution is 0.464. The second-order valence-corrected chi connectivity index (χ2v) is 4.48. The molecule has 0 fully saturated rings. The molecule has 2 N–H and O–H groups in total. The Labute approximate surface area is 110 Å². The summed E-state index contributed by atoms with van der Waals surface area (Å²) in [6, 6.07) is 8.06. The van der Waals surface area contributed by atoms with Gasteiger partial charge in [0.2, 0.25) is 0 Å². The second-order valence-electron chi connectivity index (χ2n) is 4.48. The first kappa shape index (κ1) is 13.5. The van der Waals surface area contributed by atoms with Crippen LogP contribution in [-0.4, -0.2) is 0 Å². The van der Waals surface area contributed by atoms with Crippen LogP contribution in [0.5, 0.6) is 11.5 Å². The third kappa shape index (κ3) is 3.09. The van der Waals surface area contributed by atoms with Crippen molar-refractivity contribution < 1.29 is 13.5 Å². The van der Waals surface area contributed by atoms with Gasteiger partial charge in [0.25, 0.3) is 0 Å². The molecule has 19 heavy (non-hydrogen) atoms. The lowest BCUT2D eigenvalue weighted by Crippen LogP contribution is -2.07. The van der Waals surface area contributed by atoms with Crippen LogP contribution in [0.15, 0.2) is 36.4 Å². The van der Waals surface area contributed by atoms with Crippen molar-refractivity contribution in [1.29, 1.82) is 0 Å². The smallest absolute Gasteiger partial charge is 0.132 e. The second kappa shape index (κ2) is 5.36. The Morgan fingerprint density at radius 1 is 1.00 bits per heavy atom. The highest BCUT2D eigenvalue weighted by Gasteiger charge is 2.11. The molecule has 0 radical (unpaired) electrons. The molecule has 2 nitrogen and oxygen atoms in total. The highest BCUT2D eigenvalue weighted by Crippen LogP contribution is 2.31. The summed E-state index contributed by atoms with van der Waals surface area (Å²) in [6.07, 6.45) is 0. The van der Waals surface area contributed by atoms with Gasteiger partial charge < -0.3 is 10.5 Å². The van der Waals surface area contributed by atoms with Crippen LogP contribution in [0.3, 0.4) is 0 Å². The molecule has 0 spiro atoms. The van der Waals surface area contributed by atoms with Crippen molar-refractivity contribution in [3.63, 3.8) is 0 Å². The Bertz CT molecular complexity index is 597. The minimum Gasteiger partial charge on any atom is -0.457 e. The van der Waals surface area contributed by atoms with E-state index < -0.39 is 0 Å². The molecule has 0 bridgehead atoms. The first-order valence-corrected chi connectivity index (χ1v) is 5.96. The number of benzene rings is 2. The van der Waals surface area contributed by atoms with Crippen LogP contribution in [0.2, 0.25) is 0 Å². The van der Waals surface area contributed by atoms with Gasteiger partial charge in [0.05, 0.1) is 0 Å². The van der Waals surface area contributed by atoms with Crippen LogP contribution in [0, 0.1) is 18.6 Å². The van der Waals surface area contributed by atoms with Crippen molar-refractivity contribution >= 4 is 0 Å². The van der Waals surface area contributed by atoms with Gasteiger partial charge in [-0.05, 0) is 55.8 Å². The van der Waals surface area contributed by atoms with Crippen molar-refractivity contribution in [2.24, 2.45) is 5.73 Å². The molecule has 100 valence electrons. The van der Waals surface area contributed by atoms with E-state index in [9.17, 15) is 8.78 Å². The van der Waals surface area contributed by atoms with Crippen LogP contribution in [-0.2, 0) is 0 Å². The van der Waals surface area contributed by atoms with Gasteiger partial charge in [-0.1, -0.05) is 0 Å². The third-order valence-electron chi connectivity index (χ3n) is 2.82. The lowest BCUT2D eigenvalue weighted by Gasteiger charge is -2.15. The van der Waals surface area contributed by atoms with Crippen LogP contribution in [0.4, 0.5) is 8.78 Å². The zero-order chi connectivity index (χ0) is 14.0.